The smallest absolute Gasteiger partial charge is 0.167 e. The minimum atomic E-state index is 0.00751. The summed E-state index contributed by atoms with van der Waals surface area (Å²) in [5.41, 5.74) is 1.50. The molecule has 0 aromatic carbocycles. The Hall–Kier alpha value is -1.68. The average Bonchev–Trinajstić information content (AvgIpc) is 2.52. The van der Waals surface area contributed by atoms with Crippen LogP contribution in [-0.2, 0) is 9.53 Å². The van der Waals surface area contributed by atoms with Gasteiger partial charge in [-0.15, -0.1) is 12.6 Å². The maximum Gasteiger partial charge on any atom is 0.167 e. The lowest BCUT2D eigenvalue weighted by atomic mass is 9.99. The van der Waals surface area contributed by atoms with Crippen LogP contribution < -0.4 is 5.32 Å². The lowest BCUT2D eigenvalue weighted by Crippen LogP contribution is -2.14. The molecule has 1 aliphatic rings. The van der Waals surface area contributed by atoms with Gasteiger partial charge in [0.1, 0.15) is 11.5 Å². The van der Waals surface area contributed by atoms with Gasteiger partial charge in [-0.1, -0.05) is 40.0 Å². The molecule has 0 bridgehead atoms. The number of nitrogens with one attached hydrogen (secondary N) is 1. The molecule has 4 heteroatoms. The van der Waals surface area contributed by atoms with E-state index in [-0.39, 0.29) is 11.7 Å². The van der Waals surface area contributed by atoms with Crippen molar-refractivity contribution in [1.29, 1.82) is 0 Å². The third-order valence-corrected chi connectivity index (χ3v) is 4.09. The molecule has 0 aliphatic carbocycles. The highest BCUT2D eigenvalue weighted by Gasteiger charge is 2.24. The highest BCUT2D eigenvalue weighted by molar-refractivity contribution is 7.84. The van der Waals surface area contributed by atoms with E-state index in [0.29, 0.717) is 22.7 Å². The van der Waals surface area contributed by atoms with Crippen molar-refractivity contribution >= 4 is 18.4 Å². The number of carbonyl (C=O) groups is 1. The van der Waals surface area contributed by atoms with E-state index in [9.17, 15) is 4.79 Å². The van der Waals surface area contributed by atoms with Crippen molar-refractivity contribution in [3.63, 3.8) is 0 Å². The number of ether oxygens (including phenoxy) is 1. The summed E-state index contributed by atoms with van der Waals surface area (Å²) in [6.45, 7) is 13.7. The second-order valence-corrected chi connectivity index (χ2v) is 6.07. The number of Topliss-reactive ketones (excluding diaryl/α,β-unsaturated/α-hetero) is 1. The van der Waals surface area contributed by atoms with Crippen LogP contribution >= 0.6 is 12.6 Å². The Morgan fingerprint density at radius 1 is 1.43 bits per heavy atom. The van der Waals surface area contributed by atoms with Crippen LogP contribution in [0.15, 0.2) is 59.2 Å². The van der Waals surface area contributed by atoms with Crippen molar-refractivity contribution in [2.45, 2.75) is 46.5 Å². The summed E-state index contributed by atoms with van der Waals surface area (Å²) in [6, 6.07) is 0. The lowest BCUT2D eigenvalue weighted by molar-refractivity contribution is -0.115. The van der Waals surface area contributed by atoms with Gasteiger partial charge in [0.15, 0.2) is 5.78 Å². The average molecular weight is 333 g/mol. The molecule has 0 saturated heterocycles. The van der Waals surface area contributed by atoms with Gasteiger partial charge in [0.2, 0.25) is 0 Å². The third-order valence-electron chi connectivity index (χ3n) is 3.74. The van der Waals surface area contributed by atoms with Gasteiger partial charge in [-0.25, -0.2) is 0 Å². The van der Waals surface area contributed by atoms with E-state index >= 15 is 0 Å². The summed E-state index contributed by atoms with van der Waals surface area (Å²) in [5, 5.41) is 3.13. The normalized spacial score (nSPS) is 16.2. The van der Waals surface area contributed by atoms with Crippen LogP contribution in [0.3, 0.4) is 0 Å². The van der Waals surface area contributed by atoms with Gasteiger partial charge >= 0.3 is 0 Å². The molecule has 1 aliphatic heterocycles. The molecule has 1 rings (SSSR count). The number of hydrogen-bond acceptors (Lipinski definition) is 4. The number of allylic oxidation sites excluding steroid dienone is 5. The first kappa shape index (κ1) is 19.4. The largest absolute Gasteiger partial charge is 0.461 e. The summed E-state index contributed by atoms with van der Waals surface area (Å²) >= 11 is 4.43. The monoisotopic (exact) mass is 333 g/mol. The molecule has 3 nitrogen and oxygen atoms in total. The van der Waals surface area contributed by atoms with Crippen LogP contribution in [0.4, 0.5) is 0 Å². The molecular formula is C19H27NO2S. The third kappa shape index (κ3) is 5.79. The summed E-state index contributed by atoms with van der Waals surface area (Å²) < 4.78 is 5.75. The molecule has 0 saturated carbocycles. The quantitative estimate of drug-likeness (QED) is 0.582. The van der Waals surface area contributed by atoms with E-state index in [0.717, 1.165) is 30.7 Å². The van der Waals surface area contributed by atoms with E-state index in [4.69, 9.17) is 4.74 Å². The highest BCUT2D eigenvalue weighted by Crippen LogP contribution is 2.33. The Bertz CT molecular complexity index is 570. The second kappa shape index (κ2) is 9.46. The number of carbonyl (C=O) groups excluding carboxylic acids is 1. The molecule has 1 N–H and O–H groups in total. The molecule has 0 fully saturated rings. The van der Waals surface area contributed by atoms with E-state index in [2.05, 4.69) is 51.0 Å². The minimum absolute atomic E-state index is 0.00751. The zero-order chi connectivity index (χ0) is 17.4. The molecule has 1 atom stereocenters. The number of hydrogen-bond donors (Lipinski definition) is 2. The van der Waals surface area contributed by atoms with Crippen molar-refractivity contribution in [3.05, 3.63) is 59.2 Å². The first-order valence-electron chi connectivity index (χ1n) is 8.05. The fourth-order valence-electron chi connectivity index (χ4n) is 2.14. The Balaban J connectivity index is 2.62. The van der Waals surface area contributed by atoms with Crippen LogP contribution in [0.25, 0.3) is 0 Å². The Labute approximate surface area is 145 Å². The molecule has 0 spiro atoms. The van der Waals surface area contributed by atoms with Gasteiger partial charge < -0.3 is 10.1 Å². The highest BCUT2D eigenvalue weighted by atomic mass is 32.1. The molecule has 0 radical (unpaired) electrons. The molecule has 0 amide bonds. The first-order chi connectivity index (χ1) is 10.9. The second-order valence-electron chi connectivity index (χ2n) is 5.59. The molecule has 1 unspecified atom stereocenters. The Morgan fingerprint density at radius 2 is 2.13 bits per heavy atom. The van der Waals surface area contributed by atoms with Crippen LogP contribution in [0.5, 0.6) is 0 Å². The van der Waals surface area contributed by atoms with Crippen molar-refractivity contribution in [1.82, 2.24) is 5.32 Å². The van der Waals surface area contributed by atoms with Gasteiger partial charge in [0.25, 0.3) is 0 Å². The number of rotatable bonds is 9. The van der Waals surface area contributed by atoms with E-state index < -0.39 is 0 Å². The van der Waals surface area contributed by atoms with Crippen molar-refractivity contribution in [2.24, 2.45) is 5.92 Å². The number of thiol groups is 1. The van der Waals surface area contributed by atoms with Gasteiger partial charge in [0, 0.05) is 22.9 Å². The fraction of sp³-hybridized carbons (Fsp3) is 0.421. The first-order valence-corrected chi connectivity index (χ1v) is 8.49. The van der Waals surface area contributed by atoms with Gasteiger partial charge in [-0.3, -0.25) is 4.79 Å². The van der Waals surface area contributed by atoms with Crippen molar-refractivity contribution in [3.8, 4) is 0 Å². The van der Waals surface area contributed by atoms with Gasteiger partial charge in [-0.2, -0.15) is 0 Å². The Kier molecular flexibility index (Phi) is 7.96. The summed E-state index contributed by atoms with van der Waals surface area (Å²) in [4.78, 5) is 12.5. The van der Waals surface area contributed by atoms with Crippen molar-refractivity contribution < 1.29 is 9.53 Å². The molecule has 23 heavy (non-hydrogen) atoms. The van der Waals surface area contributed by atoms with Gasteiger partial charge in [0.05, 0.1) is 5.57 Å². The molecule has 126 valence electrons. The predicted molar refractivity (Wildman–Crippen MR) is 99.7 cm³/mol. The van der Waals surface area contributed by atoms with Crippen LogP contribution in [-0.4, -0.2) is 5.78 Å². The number of ketones is 1. The zero-order valence-electron chi connectivity index (χ0n) is 14.3. The van der Waals surface area contributed by atoms with E-state index in [1.54, 1.807) is 0 Å². The standard InChI is InChI=1S/C19H27NO2S/c1-6-14(4)20-11-9-8-10-13(3)17-12-18(23)19(15(5)22-17)16(21)7-2/h9,11-13,20,23H,4-8,10H2,1-3H3/b11-9+. The van der Waals surface area contributed by atoms with Crippen LogP contribution in [0.2, 0.25) is 0 Å². The SMILES string of the molecule is C=C(CC)N/C=C/CCC(C)C1=CC(S)=C(C(=O)CC)C(=C)O1. The fourth-order valence-corrected chi connectivity index (χ4v) is 2.52. The van der Waals surface area contributed by atoms with E-state index in [1.807, 2.05) is 19.2 Å². The molecule has 0 aromatic rings. The minimum Gasteiger partial charge on any atom is -0.461 e. The summed E-state index contributed by atoms with van der Waals surface area (Å²) in [7, 11) is 0. The summed E-state index contributed by atoms with van der Waals surface area (Å²) in [6.07, 6.45) is 9.04. The molecular weight excluding hydrogens is 306 g/mol. The maximum absolute atomic E-state index is 11.9. The zero-order valence-corrected chi connectivity index (χ0v) is 15.2. The Morgan fingerprint density at radius 3 is 2.70 bits per heavy atom. The molecule has 0 aromatic heterocycles. The maximum atomic E-state index is 11.9. The van der Waals surface area contributed by atoms with Crippen molar-refractivity contribution in [2.75, 3.05) is 0 Å². The topological polar surface area (TPSA) is 38.3 Å². The summed E-state index contributed by atoms with van der Waals surface area (Å²) in [5.74, 6) is 1.45. The molecule has 1 heterocycles. The van der Waals surface area contributed by atoms with Gasteiger partial charge in [-0.05, 0) is 31.5 Å². The lowest BCUT2D eigenvalue weighted by Gasteiger charge is -2.23. The van der Waals surface area contributed by atoms with Crippen LogP contribution in [0, 0.1) is 5.92 Å². The van der Waals surface area contributed by atoms with E-state index in [1.165, 1.54) is 0 Å². The van der Waals surface area contributed by atoms with Crippen LogP contribution in [0.1, 0.15) is 46.5 Å². The predicted octanol–water partition coefficient (Wildman–Crippen LogP) is 5.02.